The second-order valence-electron chi connectivity index (χ2n) is 6.71. The number of fused-ring (bicyclic) bond motifs is 1. The lowest BCUT2D eigenvalue weighted by atomic mass is 10.1. The number of Topliss-reactive ketones (excluding diaryl/α,β-unsaturated/α-hetero) is 1. The molecule has 158 valence electrons. The maximum atomic E-state index is 12.4. The van der Waals surface area contributed by atoms with Gasteiger partial charge in [-0.15, -0.1) is 0 Å². The van der Waals surface area contributed by atoms with E-state index in [9.17, 15) is 14.4 Å². The smallest absolute Gasteiger partial charge is 0.338 e. The predicted octanol–water partition coefficient (Wildman–Crippen LogP) is 4.28. The third-order valence-corrected chi connectivity index (χ3v) is 4.62. The fourth-order valence-corrected chi connectivity index (χ4v) is 3.10. The van der Waals surface area contributed by atoms with E-state index in [1.807, 2.05) is 6.92 Å². The standard InChI is InChI=1S/C22H22ClNO6/c1-2-4-20(26)24-16-7-5-14(6-8-16)18(25)13-30-22(27)15-11-17(23)21-19(12-15)28-9-3-10-29-21/h5-8,11-12H,2-4,9-10,13H2,1H3,(H,24,26). The first-order valence-corrected chi connectivity index (χ1v) is 10.0. The van der Waals surface area contributed by atoms with Crippen molar-refractivity contribution in [3.05, 3.63) is 52.5 Å². The summed E-state index contributed by atoms with van der Waals surface area (Å²) in [6, 6.07) is 9.32. The van der Waals surface area contributed by atoms with Crippen LogP contribution in [0.2, 0.25) is 5.02 Å². The molecule has 0 aliphatic carbocycles. The average Bonchev–Trinajstić information content (AvgIpc) is 2.98. The maximum absolute atomic E-state index is 12.4. The van der Waals surface area contributed by atoms with Crippen molar-refractivity contribution in [3.8, 4) is 11.5 Å². The van der Waals surface area contributed by atoms with Gasteiger partial charge in [0.1, 0.15) is 0 Å². The molecule has 0 atom stereocenters. The van der Waals surface area contributed by atoms with Crippen LogP contribution in [0.4, 0.5) is 5.69 Å². The molecule has 1 aliphatic rings. The number of benzene rings is 2. The van der Waals surface area contributed by atoms with Gasteiger partial charge in [-0.1, -0.05) is 18.5 Å². The maximum Gasteiger partial charge on any atom is 0.338 e. The van der Waals surface area contributed by atoms with Crippen LogP contribution >= 0.6 is 11.6 Å². The molecule has 0 saturated carbocycles. The van der Waals surface area contributed by atoms with Crippen LogP contribution in [-0.4, -0.2) is 37.5 Å². The van der Waals surface area contributed by atoms with Crippen molar-refractivity contribution in [2.45, 2.75) is 26.2 Å². The zero-order valence-electron chi connectivity index (χ0n) is 16.5. The number of hydrogen-bond donors (Lipinski definition) is 1. The Kier molecular flexibility index (Phi) is 7.30. The van der Waals surface area contributed by atoms with Crippen molar-refractivity contribution in [2.24, 2.45) is 0 Å². The molecule has 2 aromatic rings. The summed E-state index contributed by atoms with van der Waals surface area (Å²) in [7, 11) is 0. The number of nitrogens with one attached hydrogen (secondary N) is 1. The van der Waals surface area contributed by atoms with Gasteiger partial charge in [0, 0.05) is 24.1 Å². The molecule has 8 heteroatoms. The van der Waals surface area contributed by atoms with Crippen LogP contribution in [0.1, 0.15) is 46.9 Å². The zero-order chi connectivity index (χ0) is 21.5. The van der Waals surface area contributed by atoms with Crippen LogP contribution in [-0.2, 0) is 9.53 Å². The molecule has 7 nitrogen and oxygen atoms in total. The molecule has 0 saturated heterocycles. The highest BCUT2D eigenvalue weighted by atomic mass is 35.5. The van der Waals surface area contributed by atoms with Gasteiger partial charge in [-0.2, -0.15) is 0 Å². The molecule has 1 aliphatic heterocycles. The molecule has 1 N–H and O–H groups in total. The number of hydrogen-bond acceptors (Lipinski definition) is 6. The third-order valence-electron chi connectivity index (χ3n) is 4.34. The van der Waals surface area contributed by atoms with E-state index in [1.165, 1.54) is 12.1 Å². The summed E-state index contributed by atoms with van der Waals surface area (Å²) in [5.74, 6) is -0.370. The third kappa shape index (κ3) is 5.51. The number of rotatable bonds is 7. The van der Waals surface area contributed by atoms with Crippen LogP contribution in [0.25, 0.3) is 0 Å². The molecule has 0 fully saturated rings. The fourth-order valence-electron chi connectivity index (χ4n) is 2.84. The first-order chi connectivity index (χ1) is 14.5. The van der Waals surface area contributed by atoms with Gasteiger partial charge < -0.3 is 19.5 Å². The minimum absolute atomic E-state index is 0.0840. The summed E-state index contributed by atoms with van der Waals surface area (Å²) < 4.78 is 16.2. The molecule has 30 heavy (non-hydrogen) atoms. The number of esters is 1. The van der Waals surface area contributed by atoms with Crippen molar-refractivity contribution in [1.82, 2.24) is 0 Å². The average molecular weight is 432 g/mol. The number of carbonyl (C=O) groups excluding carboxylic acids is 3. The van der Waals surface area contributed by atoms with Gasteiger partial charge in [-0.05, 0) is 42.8 Å². The van der Waals surface area contributed by atoms with Crippen molar-refractivity contribution in [1.29, 1.82) is 0 Å². The van der Waals surface area contributed by atoms with Gasteiger partial charge >= 0.3 is 5.97 Å². The Hall–Kier alpha value is -3.06. The number of ether oxygens (including phenoxy) is 3. The Labute approximate surface area is 179 Å². The monoisotopic (exact) mass is 431 g/mol. The highest BCUT2D eigenvalue weighted by Gasteiger charge is 2.20. The highest BCUT2D eigenvalue weighted by Crippen LogP contribution is 2.38. The summed E-state index contributed by atoms with van der Waals surface area (Å²) >= 11 is 6.18. The van der Waals surface area contributed by atoms with E-state index in [4.69, 9.17) is 25.8 Å². The predicted molar refractivity (Wildman–Crippen MR) is 112 cm³/mol. The summed E-state index contributed by atoms with van der Waals surface area (Å²) in [6.45, 7) is 2.43. The zero-order valence-corrected chi connectivity index (χ0v) is 17.3. The Morgan fingerprint density at radius 3 is 2.53 bits per heavy atom. The summed E-state index contributed by atoms with van der Waals surface area (Å²) in [5, 5.41) is 2.99. The van der Waals surface area contributed by atoms with Gasteiger partial charge in [0.15, 0.2) is 23.9 Å². The lowest BCUT2D eigenvalue weighted by Gasteiger charge is -2.11. The van der Waals surface area contributed by atoms with Crippen molar-refractivity contribution < 1.29 is 28.6 Å². The molecule has 0 bridgehead atoms. The minimum atomic E-state index is -0.690. The van der Waals surface area contributed by atoms with E-state index < -0.39 is 12.6 Å². The van der Waals surface area contributed by atoms with E-state index in [-0.39, 0.29) is 22.3 Å². The first-order valence-electron chi connectivity index (χ1n) is 9.67. The Balaban J connectivity index is 1.59. The Morgan fingerprint density at radius 2 is 1.80 bits per heavy atom. The van der Waals surface area contributed by atoms with Gasteiger partial charge in [0.2, 0.25) is 5.91 Å². The second-order valence-corrected chi connectivity index (χ2v) is 7.12. The molecule has 0 radical (unpaired) electrons. The molecule has 1 heterocycles. The van der Waals surface area contributed by atoms with E-state index in [0.717, 1.165) is 6.42 Å². The number of carbonyl (C=O) groups is 3. The van der Waals surface area contributed by atoms with Crippen LogP contribution in [0.15, 0.2) is 36.4 Å². The van der Waals surface area contributed by atoms with Crippen LogP contribution < -0.4 is 14.8 Å². The van der Waals surface area contributed by atoms with Crippen LogP contribution in [0, 0.1) is 0 Å². The molecule has 0 unspecified atom stereocenters. The Morgan fingerprint density at radius 1 is 1.07 bits per heavy atom. The van der Waals surface area contributed by atoms with Gasteiger partial charge in [0.25, 0.3) is 0 Å². The van der Waals surface area contributed by atoms with E-state index in [0.29, 0.717) is 48.8 Å². The van der Waals surface area contributed by atoms with E-state index >= 15 is 0 Å². The molecule has 2 aromatic carbocycles. The van der Waals surface area contributed by atoms with Gasteiger partial charge in [-0.3, -0.25) is 9.59 Å². The molecular weight excluding hydrogens is 410 g/mol. The number of amides is 1. The number of ketones is 1. The first kappa shape index (κ1) is 21.6. The minimum Gasteiger partial charge on any atom is -0.489 e. The lowest BCUT2D eigenvalue weighted by Crippen LogP contribution is -2.15. The SMILES string of the molecule is CCCC(=O)Nc1ccc(C(=O)COC(=O)c2cc(Cl)c3c(c2)OCCCO3)cc1. The number of anilines is 1. The van der Waals surface area contributed by atoms with Crippen molar-refractivity contribution in [3.63, 3.8) is 0 Å². The lowest BCUT2D eigenvalue weighted by molar-refractivity contribution is -0.116. The van der Waals surface area contributed by atoms with Crippen molar-refractivity contribution in [2.75, 3.05) is 25.1 Å². The molecule has 3 rings (SSSR count). The molecular formula is C22H22ClNO6. The summed E-state index contributed by atoms with van der Waals surface area (Å²) in [5.41, 5.74) is 1.14. The van der Waals surface area contributed by atoms with E-state index in [2.05, 4.69) is 5.32 Å². The topological polar surface area (TPSA) is 90.9 Å². The summed E-state index contributed by atoms with van der Waals surface area (Å²) in [4.78, 5) is 36.3. The normalized spacial score (nSPS) is 12.6. The largest absolute Gasteiger partial charge is 0.489 e. The number of halogens is 1. The fraction of sp³-hybridized carbons (Fsp3) is 0.318. The van der Waals surface area contributed by atoms with Crippen LogP contribution in [0.3, 0.4) is 0 Å². The molecule has 0 spiro atoms. The van der Waals surface area contributed by atoms with Gasteiger partial charge in [-0.25, -0.2) is 4.79 Å². The highest BCUT2D eigenvalue weighted by molar-refractivity contribution is 6.32. The quantitative estimate of drug-likeness (QED) is 0.519. The van der Waals surface area contributed by atoms with Gasteiger partial charge in [0.05, 0.1) is 23.8 Å². The molecule has 1 amide bonds. The molecule has 0 aromatic heterocycles. The second kappa shape index (κ2) is 10.1. The Bertz CT molecular complexity index is 941. The summed E-state index contributed by atoms with van der Waals surface area (Å²) in [6.07, 6.45) is 1.89. The van der Waals surface area contributed by atoms with Crippen molar-refractivity contribution >= 4 is 34.9 Å². The van der Waals surface area contributed by atoms with E-state index in [1.54, 1.807) is 24.3 Å². The van der Waals surface area contributed by atoms with Crippen LogP contribution in [0.5, 0.6) is 11.5 Å².